The predicted molar refractivity (Wildman–Crippen MR) is 59.2 cm³/mol. The van der Waals surface area contributed by atoms with Crippen LogP contribution in [0.15, 0.2) is 18.2 Å². The van der Waals surface area contributed by atoms with Crippen molar-refractivity contribution < 1.29 is 5.11 Å². The average molecular weight is 193 g/mol. The summed E-state index contributed by atoms with van der Waals surface area (Å²) < 4.78 is 0. The van der Waals surface area contributed by atoms with Crippen molar-refractivity contribution in [3.05, 3.63) is 29.3 Å². The lowest BCUT2D eigenvalue weighted by molar-refractivity contribution is 0.472. The molecule has 1 atom stereocenters. The van der Waals surface area contributed by atoms with Crippen LogP contribution in [0, 0.1) is 12.8 Å². The van der Waals surface area contributed by atoms with E-state index in [2.05, 4.69) is 13.8 Å². The van der Waals surface area contributed by atoms with E-state index in [1.54, 1.807) is 12.1 Å². The molecule has 3 N–H and O–H groups in total. The minimum Gasteiger partial charge on any atom is -0.508 e. The van der Waals surface area contributed by atoms with Gasteiger partial charge in [0.15, 0.2) is 0 Å². The summed E-state index contributed by atoms with van der Waals surface area (Å²) >= 11 is 0. The van der Waals surface area contributed by atoms with Gasteiger partial charge in [0.05, 0.1) is 0 Å². The Balaban J connectivity index is 2.84. The van der Waals surface area contributed by atoms with Gasteiger partial charge in [0.25, 0.3) is 0 Å². The van der Waals surface area contributed by atoms with Gasteiger partial charge in [-0.25, -0.2) is 0 Å². The number of hydrogen-bond donors (Lipinski definition) is 2. The molecular formula is C12H19NO. The molecule has 0 aliphatic rings. The average Bonchev–Trinajstić information content (AvgIpc) is 2.01. The van der Waals surface area contributed by atoms with Crippen molar-refractivity contribution in [2.45, 2.75) is 33.2 Å². The Labute approximate surface area is 85.8 Å². The molecule has 78 valence electrons. The molecule has 0 saturated heterocycles. The van der Waals surface area contributed by atoms with Crippen LogP contribution in [0.1, 0.15) is 37.4 Å². The fourth-order valence-corrected chi connectivity index (χ4v) is 1.71. The smallest absolute Gasteiger partial charge is 0.115 e. The Kier molecular flexibility index (Phi) is 3.53. The Morgan fingerprint density at radius 1 is 1.36 bits per heavy atom. The monoisotopic (exact) mass is 193 g/mol. The van der Waals surface area contributed by atoms with Crippen molar-refractivity contribution in [3.63, 3.8) is 0 Å². The standard InChI is InChI=1S/C12H19NO/c1-8(2)6-12(13)11-5-4-10(14)7-9(11)3/h4-5,7-8,12,14H,6,13H2,1-3H3. The molecule has 1 rings (SSSR count). The van der Waals surface area contributed by atoms with E-state index in [-0.39, 0.29) is 6.04 Å². The summed E-state index contributed by atoms with van der Waals surface area (Å²) in [6.45, 7) is 6.31. The molecule has 0 fully saturated rings. The Bertz CT molecular complexity index is 307. The van der Waals surface area contributed by atoms with Gasteiger partial charge in [0.1, 0.15) is 5.75 Å². The van der Waals surface area contributed by atoms with Crippen LogP contribution < -0.4 is 5.73 Å². The number of nitrogens with two attached hydrogens (primary N) is 1. The summed E-state index contributed by atoms with van der Waals surface area (Å²) in [5, 5.41) is 9.26. The molecule has 2 heteroatoms. The molecule has 0 bridgehead atoms. The van der Waals surface area contributed by atoms with Crippen LogP contribution in [0.2, 0.25) is 0 Å². The molecule has 0 radical (unpaired) electrons. The molecule has 0 heterocycles. The minimum atomic E-state index is 0.0793. The molecule has 0 aliphatic heterocycles. The summed E-state index contributed by atoms with van der Waals surface area (Å²) in [5.74, 6) is 0.904. The highest BCUT2D eigenvalue weighted by atomic mass is 16.3. The summed E-state index contributed by atoms with van der Waals surface area (Å²) in [7, 11) is 0. The summed E-state index contributed by atoms with van der Waals surface area (Å²) in [5.41, 5.74) is 8.27. The largest absolute Gasteiger partial charge is 0.508 e. The zero-order chi connectivity index (χ0) is 10.7. The van der Waals surface area contributed by atoms with E-state index >= 15 is 0 Å². The number of aromatic hydroxyl groups is 1. The van der Waals surface area contributed by atoms with Crippen LogP contribution in [0.4, 0.5) is 0 Å². The number of rotatable bonds is 3. The summed E-state index contributed by atoms with van der Waals surface area (Å²) in [6.07, 6.45) is 0.978. The van der Waals surface area contributed by atoms with Crippen molar-refractivity contribution in [1.29, 1.82) is 0 Å². The molecule has 1 unspecified atom stereocenters. The van der Waals surface area contributed by atoms with E-state index in [0.29, 0.717) is 11.7 Å². The molecule has 0 aliphatic carbocycles. The molecule has 0 saturated carbocycles. The first-order valence-corrected chi connectivity index (χ1v) is 5.05. The van der Waals surface area contributed by atoms with Gasteiger partial charge < -0.3 is 10.8 Å². The van der Waals surface area contributed by atoms with E-state index in [1.807, 2.05) is 13.0 Å². The molecule has 0 aromatic heterocycles. The van der Waals surface area contributed by atoms with E-state index in [9.17, 15) is 5.11 Å². The van der Waals surface area contributed by atoms with Gasteiger partial charge in [-0.1, -0.05) is 19.9 Å². The Morgan fingerprint density at radius 2 is 2.00 bits per heavy atom. The third kappa shape index (κ3) is 2.74. The van der Waals surface area contributed by atoms with Crippen LogP contribution >= 0.6 is 0 Å². The topological polar surface area (TPSA) is 46.2 Å². The lowest BCUT2D eigenvalue weighted by atomic mass is 9.94. The van der Waals surface area contributed by atoms with Crippen molar-refractivity contribution >= 4 is 0 Å². The van der Waals surface area contributed by atoms with Crippen molar-refractivity contribution in [2.75, 3.05) is 0 Å². The van der Waals surface area contributed by atoms with Gasteiger partial charge in [-0.05, 0) is 42.5 Å². The van der Waals surface area contributed by atoms with Crippen molar-refractivity contribution in [2.24, 2.45) is 11.7 Å². The first-order chi connectivity index (χ1) is 6.50. The van der Waals surface area contributed by atoms with E-state index in [4.69, 9.17) is 5.73 Å². The maximum absolute atomic E-state index is 9.26. The van der Waals surface area contributed by atoms with Gasteiger partial charge >= 0.3 is 0 Å². The van der Waals surface area contributed by atoms with Gasteiger partial charge in [-0.3, -0.25) is 0 Å². The second kappa shape index (κ2) is 4.47. The zero-order valence-electron chi connectivity index (χ0n) is 9.12. The Morgan fingerprint density at radius 3 is 2.50 bits per heavy atom. The lowest BCUT2D eigenvalue weighted by Gasteiger charge is -2.16. The fraction of sp³-hybridized carbons (Fsp3) is 0.500. The van der Waals surface area contributed by atoms with Crippen LogP contribution in [-0.2, 0) is 0 Å². The van der Waals surface area contributed by atoms with Gasteiger partial charge in [0, 0.05) is 6.04 Å². The lowest BCUT2D eigenvalue weighted by Crippen LogP contribution is -2.14. The summed E-state index contributed by atoms with van der Waals surface area (Å²) in [4.78, 5) is 0. The SMILES string of the molecule is Cc1cc(O)ccc1C(N)CC(C)C. The predicted octanol–water partition coefficient (Wildman–Crippen LogP) is 2.75. The number of aryl methyl sites for hydroxylation is 1. The maximum Gasteiger partial charge on any atom is 0.115 e. The Hall–Kier alpha value is -1.02. The fourth-order valence-electron chi connectivity index (χ4n) is 1.71. The zero-order valence-corrected chi connectivity index (χ0v) is 9.12. The normalized spacial score (nSPS) is 13.2. The second-order valence-corrected chi connectivity index (χ2v) is 4.28. The second-order valence-electron chi connectivity index (χ2n) is 4.28. The van der Waals surface area contributed by atoms with Crippen LogP contribution in [-0.4, -0.2) is 5.11 Å². The molecular weight excluding hydrogens is 174 g/mol. The molecule has 0 spiro atoms. The molecule has 0 amide bonds. The number of hydrogen-bond acceptors (Lipinski definition) is 2. The number of phenols is 1. The van der Waals surface area contributed by atoms with Crippen LogP contribution in [0.25, 0.3) is 0 Å². The molecule has 1 aromatic rings. The molecule has 1 aromatic carbocycles. The van der Waals surface area contributed by atoms with Gasteiger partial charge in [-0.2, -0.15) is 0 Å². The highest BCUT2D eigenvalue weighted by Gasteiger charge is 2.10. The van der Waals surface area contributed by atoms with Crippen LogP contribution in [0.5, 0.6) is 5.75 Å². The molecule has 14 heavy (non-hydrogen) atoms. The number of benzene rings is 1. The number of phenolic OH excluding ortho intramolecular Hbond substituents is 1. The van der Waals surface area contributed by atoms with E-state index in [0.717, 1.165) is 17.5 Å². The third-order valence-electron chi connectivity index (χ3n) is 2.38. The van der Waals surface area contributed by atoms with Crippen molar-refractivity contribution in [1.82, 2.24) is 0 Å². The first-order valence-electron chi connectivity index (χ1n) is 5.05. The molecule has 2 nitrogen and oxygen atoms in total. The van der Waals surface area contributed by atoms with Gasteiger partial charge in [-0.15, -0.1) is 0 Å². The summed E-state index contributed by atoms with van der Waals surface area (Å²) in [6, 6.07) is 5.45. The quantitative estimate of drug-likeness (QED) is 0.775. The third-order valence-corrected chi connectivity index (χ3v) is 2.38. The minimum absolute atomic E-state index is 0.0793. The van der Waals surface area contributed by atoms with Crippen LogP contribution in [0.3, 0.4) is 0 Å². The van der Waals surface area contributed by atoms with E-state index in [1.165, 1.54) is 0 Å². The van der Waals surface area contributed by atoms with E-state index < -0.39 is 0 Å². The first kappa shape index (κ1) is 11.1. The maximum atomic E-state index is 9.26. The van der Waals surface area contributed by atoms with Gasteiger partial charge in [0.2, 0.25) is 0 Å². The highest BCUT2D eigenvalue weighted by molar-refractivity contribution is 5.35. The van der Waals surface area contributed by atoms with Crippen molar-refractivity contribution in [3.8, 4) is 5.75 Å². The highest BCUT2D eigenvalue weighted by Crippen LogP contribution is 2.24.